The van der Waals surface area contributed by atoms with Crippen molar-refractivity contribution in [2.75, 3.05) is 54.0 Å². The van der Waals surface area contributed by atoms with E-state index in [1.807, 2.05) is 18.7 Å². The summed E-state index contributed by atoms with van der Waals surface area (Å²) in [6.45, 7) is 7.98. The van der Waals surface area contributed by atoms with Crippen molar-refractivity contribution in [3.05, 3.63) is 71.4 Å². The number of hydrogen-bond donors (Lipinski definition) is 2. The van der Waals surface area contributed by atoms with E-state index in [-0.39, 0.29) is 22.9 Å². The number of nitrogens with one attached hydrogen (secondary N) is 2. The number of benzene rings is 1. The van der Waals surface area contributed by atoms with Crippen molar-refractivity contribution in [1.82, 2.24) is 9.97 Å². The lowest BCUT2D eigenvalue weighted by Crippen LogP contribution is -2.36. The third kappa shape index (κ3) is 6.42. The summed E-state index contributed by atoms with van der Waals surface area (Å²) in [5.41, 5.74) is 2.14. The van der Waals surface area contributed by atoms with Gasteiger partial charge in [-0.1, -0.05) is 0 Å². The molecular formula is C27H31FN6O4. The minimum atomic E-state index is -0.524. The van der Waals surface area contributed by atoms with Crippen LogP contribution in [0.25, 0.3) is 0 Å². The van der Waals surface area contributed by atoms with Gasteiger partial charge in [-0.05, 0) is 57.2 Å². The fourth-order valence-electron chi connectivity index (χ4n) is 4.03. The lowest BCUT2D eigenvalue weighted by atomic mass is 10.1. The average molecular weight is 523 g/mol. The molecule has 3 aromatic rings. The van der Waals surface area contributed by atoms with Crippen molar-refractivity contribution in [1.29, 1.82) is 0 Å². The molecule has 10 nitrogen and oxygen atoms in total. The monoisotopic (exact) mass is 522 g/mol. The van der Waals surface area contributed by atoms with Crippen LogP contribution >= 0.6 is 0 Å². The van der Waals surface area contributed by atoms with Crippen LogP contribution in [-0.2, 0) is 9.57 Å². The normalized spacial score (nSPS) is 13.4. The molecule has 0 radical (unpaired) electrons. The van der Waals surface area contributed by atoms with E-state index in [2.05, 4.69) is 20.6 Å². The summed E-state index contributed by atoms with van der Waals surface area (Å²) in [5, 5.41) is 7.00. The number of aryl methyl sites for hydroxylation is 1. The Hall–Kier alpha value is -4.09. The molecule has 0 atom stereocenters. The summed E-state index contributed by atoms with van der Waals surface area (Å²) in [7, 11) is 1.38. The van der Waals surface area contributed by atoms with Crippen molar-refractivity contribution in [3.63, 3.8) is 0 Å². The highest BCUT2D eigenvalue weighted by atomic mass is 19.1. The van der Waals surface area contributed by atoms with Gasteiger partial charge in [0.05, 0.1) is 55.3 Å². The van der Waals surface area contributed by atoms with E-state index in [9.17, 15) is 14.0 Å². The van der Waals surface area contributed by atoms with Crippen molar-refractivity contribution in [3.8, 4) is 0 Å². The Balaban J connectivity index is 1.53. The number of carbonyl (C=O) groups excluding carboxylic acids is 2. The van der Waals surface area contributed by atoms with Crippen LogP contribution in [-0.4, -0.2) is 61.2 Å². The zero-order valence-corrected chi connectivity index (χ0v) is 21.8. The molecule has 0 aliphatic carbocycles. The smallest absolute Gasteiger partial charge is 0.284 e. The lowest BCUT2D eigenvalue weighted by Gasteiger charge is -2.29. The van der Waals surface area contributed by atoms with Gasteiger partial charge in [0.1, 0.15) is 11.6 Å². The van der Waals surface area contributed by atoms with Crippen LogP contribution in [0.5, 0.6) is 0 Å². The van der Waals surface area contributed by atoms with Crippen LogP contribution < -0.4 is 20.6 Å². The molecule has 3 heterocycles. The molecule has 2 aromatic heterocycles. The molecule has 1 aliphatic heterocycles. The molecule has 4 rings (SSSR count). The molecule has 1 fully saturated rings. The Labute approximate surface area is 220 Å². The number of rotatable bonds is 8. The molecule has 1 saturated heterocycles. The number of nitrogens with zero attached hydrogens (tertiary/aromatic N) is 4. The summed E-state index contributed by atoms with van der Waals surface area (Å²) in [6.07, 6.45) is 2.97. The van der Waals surface area contributed by atoms with E-state index < -0.39 is 17.6 Å². The van der Waals surface area contributed by atoms with Gasteiger partial charge in [0.25, 0.3) is 11.8 Å². The summed E-state index contributed by atoms with van der Waals surface area (Å²) >= 11 is 0. The molecular weight excluding hydrogens is 491 g/mol. The molecule has 1 aliphatic rings. The van der Waals surface area contributed by atoms with Gasteiger partial charge in [-0.2, -0.15) is 5.06 Å². The highest BCUT2D eigenvalue weighted by molar-refractivity contribution is 6.08. The number of hydroxylamine groups is 1. The molecule has 2 N–H and O–H groups in total. The summed E-state index contributed by atoms with van der Waals surface area (Å²) in [4.78, 5) is 42.3. The minimum Gasteiger partial charge on any atom is -0.378 e. The predicted octanol–water partition coefficient (Wildman–Crippen LogP) is 4.04. The van der Waals surface area contributed by atoms with Crippen LogP contribution in [0.2, 0.25) is 0 Å². The number of amides is 2. The lowest BCUT2D eigenvalue weighted by molar-refractivity contribution is 0.0771. The number of hydrogen-bond acceptors (Lipinski definition) is 8. The number of pyridine rings is 2. The highest BCUT2D eigenvalue weighted by Crippen LogP contribution is 2.23. The van der Waals surface area contributed by atoms with E-state index in [0.717, 1.165) is 5.06 Å². The zero-order chi connectivity index (χ0) is 27.2. The number of anilines is 4. The van der Waals surface area contributed by atoms with E-state index in [4.69, 9.17) is 9.57 Å². The Bertz CT molecular complexity index is 1300. The number of morpholine rings is 1. The SMILES string of the molecule is CON(C(=O)c1cc(NC(=O)c2cc(F)cc(N3CCOCC3)c2)cnc1C)c1ccc(NC(C)C)nc1. The van der Waals surface area contributed by atoms with Gasteiger partial charge < -0.3 is 20.3 Å². The van der Waals surface area contributed by atoms with Crippen LogP contribution in [0.3, 0.4) is 0 Å². The van der Waals surface area contributed by atoms with Crippen molar-refractivity contribution >= 4 is 34.7 Å². The second kappa shape index (κ2) is 12.0. The van der Waals surface area contributed by atoms with E-state index in [0.29, 0.717) is 49.2 Å². The molecule has 2 amide bonds. The minimum absolute atomic E-state index is 0.152. The first-order chi connectivity index (χ1) is 18.2. The van der Waals surface area contributed by atoms with E-state index >= 15 is 0 Å². The number of ether oxygens (including phenoxy) is 1. The molecule has 11 heteroatoms. The highest BCUT2D eigenvalue weighted by Gasteiger charge is 2.22. The largest absolute Gasteiger partial charge is 0.378 e. The Morgan fingerprint density at radius 3 is 2.53 bits per heavy atom. The maximum atomic E-state index is 14.4. The van der Waals surface area contributed by atoms with Crippen molar-refractivity contribution < 1.29 is 23.6 Å². The second-order valence-electron chi connectivity index (χ2n) is 9.09. The maximum Gasteiger partial charge on any atom is 0.284 e. The fraction of sp³-hybridized carbons (Fsp3) is 0.333. The first kappa shape index (κ1) is 27.0. The van der Waals surface area contributed by atoms with Gasteiger partial charge in [0, 0.05) is 30.4 Å². The van der Waals surface area contributed by atoms with Gasteiger partial charge in [-0.25, -0.2) is 9.37 Å². The van der Waals surface area contributed by atoms with Crippen molar-refractivity contribution in [2.24, 2.45) is 0 Å². The van der Waals surface area contributed by atoms with E-state index in [1.54, 1.807) is 25.1 Å². The quantitative estimate of drug-likeness (QED) is 0.427. The molecule has 0 unspecified atom stereocenters. The Morgan fingerprint density at radius 1 is 1.11 bits per heavy atom. The summed E-state index contributed by atoms with van der Waals surface area (Å²) in [6, 6.07) is 9.38. The molecule has 1 aromatic carbocycles. The Kier molecular flexibility index (Phi) is 8.49. The molecule has 38 heavy (non-hydrogen) atoms. The van der Waals surface area contributed by atoms with Gasteiger partial charge in [0.15, 0.2) is 0 Å². The third-order valence-electron chi connectivity index (χ3n) is 5.88. The van der Waals surface area contributed by atoms with Gasteiger partial charge >= 0.3 is 0 Å². The molecule has 200 valence electrons. The van der Waals surface area contributed by atoms with Gasteiger partial charge in [0.2, 0.25) is 0 Å². The Morgan fingerprint density at radius 2 is 1.87 bits per heavy atom. The number of halogens is 1. The van der Waals surface area contributed by atoms with Crippen LogP contribution in [0.1, 0.15) is 40.3 Å². The fourth-order valence-corrected chi connectivity index (χ4v) is 4.03. The summed E-state index contributed by atoms with van der Waals surface area (Å²) < 4.78 is 19.7. The first-order valence-corrected chi connectivity index (χ1v) is 12.3. The standard InChI is InChI=1S/C27H31FN6O4/c1-17(2)31-25-6-5-22(16-30-25)34(37-4)27(36)24-14-21(15-29-18(24)3)32-26(35)19-11-20(28)13-23(12-19)33-7-9-38-10-8-33/h5-6,11-17H,7-10H2,1-4H3,(H,30,31)(H,32,35). The molecule has 0 saturated carbocycles. The molecule has 0 bridgehead atoms. The van der Waals surface area contributed by atoms with Crippen LogP contribution in [0.15, 0.2) is 48.8 Å². The van der Waals surface area contributed by atoms with Crippen molar-refractivity contribution in [2.45, 2.75) is 26.8 Å². The summed E-state index contributed by atoms with van der Waals surface area (Å²) in [5.74, 6) is -0.857. The van der Waals surface area contributed by atoms with Gasteiger partial charge in [-0.15, -0.1) is 0 Å². The second-order valence-corrected chi connectivity index (χ2v) is 9.09. The number of aromatic nitrogens is 2. The third-order valence-corrected chi connectivity index (χ3v) is 5.88. The first-order valence-electron chi connectivity index (χ1n) is 12.3. The predicted molar refractivity (Wildman–Crippen MR) is 143 cm³/mol. The van der Waals surface area contributed by atoms with Crippen LogP contribution in [0, 0.1) is 12.7 Å². The molecule has 0 spiro atoms. The zero-order valence-electron chi connectivity index (χ0n) is 21.8. The topological polar surface area (TPSA) is 109 Å². The maximum absolute atomic E-state index is 14.4. The van der Waals surface area contributed by atoms with Crippen LogP contribution in [0.4, 0.5) is 27.3 Å². The van der Waals surface area contributed by atoms with E-state index in [1.165, 1.54) is 37.7 Å². The van der Waals surface area contributed by atoms with Gasteiger partial charge in [-0.3, -0.25) is 19.4 Å². The number of carbonyl (C=O) groups is 2. The average Bonchev–Trinajstić information content (AvgIpc) is 2.91.